The normalized spacial score (nSPS) is 19.1. The van der Waals surface area contributed by atoms with E-state index < -0.39 is 0 Å². The molecule has 5 nitrogen and oxygen atoms in total. The predicted molar refractivity (Wildman–Crippen MR) is 80.1 cm³/mol. The van der Waals surface area contributed by atoms with Crippen molar-refractivity contribution in [1.82, 2.24) is 9.47 Å². The summed E-state index contributed by atoms with van der Waals surface area (Å²) in [6, 6.07) is 5.49. The molecule has 0 aliphatic carbocycles. The number of carbonyl (C=O) groups is 1. The van der Waals surface area contributed by atoms with E-state index in [1.54, 1.807) is 13.1 Å². The lowest BCUT2D eigenvalue weighted by molar-refractivity contribution is -0.132. The second-order valence-corrected chi connectivity index (χ2v) is 5.99. The third-order valence-corrected chi connectivity index (χ3v) is 4.22. The van der Waals surface area contributed by atoms with Crippen LogP contribution in [0.15, 0.2) is 27.4 Å². The lowest BCUT2D eigenvalue weighted by Crippen LogP contribution is -2.39. The van der Waals surface area contributed by atoms with Crippen molar-refractivity contribution in [3.63, 3.8) is 0 Å². The van der Waals surface area contributed by atoms with Crippen molar-refractivity contribution < 1.29 is 9.21 Å². The van der Waals surface area contributed by atoms with Crippen molar-refractivity contribution >= 4 is 17.0 Å². The number of oxazole rings is 1. The number of benzene rings is 1. The molecule has 2 aromatic rings. The molecule has 1 aliphatic rings. The number of fused-ring (bicyclic) bond motifs is 1. The fourth-order valence-corrected chi connectivity index (χ4v) is 2.98. The molecule has 1 saturated heterocycles. The maximum atomic E-state index is 12.4. The highest BCUT2D eigenvalue weighted by Gasteiger charge is 2.21. The van der Waals surface area contributed by atoms with Crippen LogP contribution in [-0.4, -0.2) is 28.5 Å². The lowest BCUT2D eigenvalue weighted by atomic mass is 9.99. The Morgan fingerprint density at radius 1 is 1.43 bits per heavy atom. The van der Waals surface area contributed by atoms with Gasteiger partial charge in [0.15, 0.2) is 5.58 Å². The Morgan fingerprint density at radius 2 is 2.24 bits per heavy atom. The summed E-state index contributed by atoms with van der Waals surface area (Å²) in [6.45, 7) is 3.90. The van der Waals surface area contributed by atoms with Crippen LogP contribution in [0.3, 0.4) is 0 Å². The van der Waals surface area contributed by atoms with Crippen LogP contribution in [0.2, 0.25) is 0 Å². The summed E-state index contributed by atoms with van der Waals surface area (Å²) in [7, 11) is 1.67. The zero-order chi connectivity index (χ0) is 15.0. The van der Waals surface area contributed by atoms with Gasteiger partial charge in [-0.05, 0) is 36.5 Å². The van der Waals surface area contributed by atoms with Gasteiger partial charge in [-0.15, -0.1) is 0 Å². The third kappa shape index (κ3) is 2.73. The van der Waals surface area contributed by atoms with E-state index in [1.165, 1.54) is 11.0 Å². The fourth-order valence-electron chi connectivity index (χ4n) is 2.98. The van der Waals surface area contributed by atoms with Crippen molar-refractivity contribution in [2.75, 3.05) is 13.1 Å². The van der Waals surface area contributed by atoms with E-state index in [0.29, 0.717) is 17.9 Å². The summed E-state index contributed by atoms with van der Waals surface area (Å²) in [5.41, 5.74) is 2.21. The first kappa shape index (κ1) is 13.9. The highest BCUT2D eigenvalue weighted by Crippen LogP contribution is 2.18. The number of rotatable bonds is 2. The second-order valence-electron chi connectivity index (χ2n) is 5.99. The summed E-state index contributed by atoms with van der Waals surface area (Å²) in [5.74, 6) is 0.368. The summed E-state index contributed by atoms with van der Waals surface area (Å²) < 4.78 is 6.57. The first-order valence-corrected chi connectivity index (χ1v) is 7.41. The first-order valence-electron chi connectivity index (χ1n) is 7.41. The van der Waals surface area contributed by atoms with Crippen molar-refractivity contribution in [2.45, 2.75) is 26.2 Å². The van der Waals surface area contributed by atoms with Gasteiger partial charge in [-0.3, -0.25) is 9.36 Å². The molecule has 0 saturated carbocycles. The van der Waals surface area contributed by atoms with E-state index in [-0.39, 0.29) is 11.7 Å². The topological polar surface area (TPSA) is 55.5 Å². The Hall–Kier alpha value is -2.04. The summed E-state index contributed by atoms with van der Waals surface area (Å²) >= 11 is 0. The van der Waals surface area contributed by atoms with Gasteiger partial charge in [0.25, 0.3) is 0 Å². The number of piperidine rings is 1. The maximum absolute atomic E-state index is 12.4. The van der Waals surface area contributed by atoms with Crippen LogP contribution < -0.4 is 5.76 Å². The second kappa shape index (κ2) is 5.39. The summed E-state index contributed by atoms with van der Waals surface area (Å²) in [5, 5.41) is 0. The number of amides is 1. The largest absolute Gasteiger partial charge is 0.419 e. The number of nitrogens with zero attached hydrogens (tertiary/aromatic N) is 2. The highest BCUT2D eigenvalue weighted by atomic mass is 16.4. The van der Waals surface area contributed by atoms with Gasteiger partial charge in [0.05, 0.1) is 11.9 Å². The van der Waals surface area contributed by atoms with E-state index in [9.17, 15) is 9.59 Å². The van der Waals surface area contributed by atoms with Crippen LogP contribution in [0.1, 0.15) is 25.3 Å². The van der Waals surface area contributed by atoms with Crippen molar-refractivity contribution in [3.05, 3.63) is 34.3 Å². The maximum Gasteiger partial charge on any atom is 0.419 e. The van der Waals surface area contributed by atoms with Crippen LogP contribution in [-0.2, 0) is 18.3 Å². The van der Waals surface area contributed by atoms with Gasteiger partial charge in [-0.1, -0.05) is 13.0 Å². The van der Waals surface area contributed by atoms with Crippen molar-refractivity contribution in [2.24, 2.45) is 13.0 Å². The van der Waals surface area contributed by atoms with Gasteiger partial charge >= 0.3 is 5.76 Å². The van der Waals surface area contributed by atoms with Gasteiger partial charge in [-0.25, -0.2) is 4.79 Å². The molecule has 1 fully saturated rings. The number of hydrogen-bond acceptors (Lipinski definition) is 3. The molecular formula is C16H20N2O3. The molecule has 1 aromatic heterocycles. The molecule has 2 heterocycles. The van der Waals surface area contributed by atoms with Gasteiger partial charge in [-0.2, -0.15) is 0 Å². The number of hydrogen-bond donors (Lipinski definition) is 0. The van der Waals surface area contributed by atoms with Crippen LogP contribution >= 0.6 is 0 Å². The molecule has 112 valence electrons. The minimum absolute atomic E-state index is 0.161. The summed E-state index contributed by atoms with van der Waals surface area (Å²) in [6.07, 6.45) is 2.66. The quantitative estimate of drug-likeness (QED) is 0.848. The first-order chi connectivity index (χ1) is 10.0. The van der Waals surface area contributed by atoms with Gasteiger partial charge in [0.1, 0.15) is 0 Å². The van der Waals surface area contributed by atoms with Crippen LogP contribution in [0, 0.1) is 5.92 Å². The van der Waals surface area contributed by atoms with Crippen LogP contribution in [0.25, 0.3) is 11.1 Å². The average molecular weight is 288 g/mol. The zero-order valence-electron chi connectivity index (χ0n) is 12.5. The molecule has 21 heavy (non-hydrogen) atoms. The average Bonchev–Trinajstić information content (AvgIpc) is 2.74. The van der Waals surface area contributed by atoms with Crippen molar-refractivity contribution in [3.8, 4) is 0 Å². The number of likely N-dealkylation sites (tertiary alicyclic amines) is 1. The van der Waals surface area contributed by atoms with E-state index in [0.717, 1.165) is 30.6 Å². The Bertz CT molecular complexity index is 729. The predicted octanol–water partition coefficient (Wildman–Crippen LogP) is 1.93. The van der Waals surface area contributed by atoms with E-state index in [1.807, 2.05) is 17.0 Å². The Morgan fingerprint density at radius 3 is 3.00 bits per heavy atom. The molecule has 0 spiro atoms. The van der Waals surface area contributed by atoms with Crippen LogP contribution in [0.5, 0.6) is 0 Å². The molecule has 0 N–H and O–H groups in total. The molecule has 0 radical (unpaired) electrons. The number of aryl methyl sites for hydroxylation is 1. The number of carbonyl (C=O) groups excluding carboxylic acids is 1. The lowest BCUT2D eigenvalue weighted by Gasteiger charge is -2.31. The minimum Gasteiger partial charge on any atom is -0.408 e. The standard InChI is InChI=1S/C16H20N2O3/c1-11-4-3-7-18(10-11)15(19)9-12-5-6-14-13(8-12)17(2)16(20)21-14/h5-6,8,11H,3-4,7,9-10H2,1-2H3. The smallest absolute Gasteiger partial charge is 0.408 e. The molecule has 5 heteroatoms. The SMILES string of the molecule is CC1CCCN(C(=O)Cc2ccc3oc(=O)n(C)c3c2)C1. The van der Waals surface area contributed by atoms with Gasteiger partial charge in [0, 0.05) is 20.1 Å². The molecular weight excluding hydrogens is 268 g/mol. The highest BCUT2D eigenvalue weighted by molar-refractivity contribution is 5.81. The summed E-state index contributed by atoms with van der Waals surface area (Å²) in [4.78, 5) is 25.8. The molecule has 0 bridgehead atoms. The van der Waals surface area contributed by atoms with E-state index in [4.69, 9.17) is 4.42 Å². The van der Waals surface area contributed by atoms with E-state index in [2.05, 4.69) is 6.92 Å². The van der Waals surface area contributed by atoms with Gasteiger partial charge < -0.3 is 9.32 Å². The van der Waals surface area contributed by atoms with Crippen LogP contribution in [0.4, 0.5) is 0 Å². The van der Waals surface area contributed by atoms with Crippen molar-refractivity contribution in [1.29, 1.82) is 0 Å². The molecule has 1 aromatic carbocycles. The molecule has 1 unspecified atom stereocenters. The van der Waals surface area contributed by atoms with E-state index >= 15 is 0 Å². The molecule has 1 atom stereocenters. The monoisotopic (exact) mass is 288 g/mol. The molecule has 1 amide bonds. The zero-order valence-corrected chi connectivity index (χ0v) is 12.5. The molecule has 1 aliphatic heterocycles. The molecule has 3 rings (SSSR count). The van der Waals surface area contributed by atoms with Gasteiger partial charge in [0.2, 0.25) is 5.91 Å². The minimum atomic E-state index is -0.377. The Balaban J connectivity index is 1.79. The number of aromatic nitrogens is 1. The Kier molecular flexibility index (Phi) is 3.57. The Labute approximate surface area is 123 Å². The fraction of sp³-hybridized carbons (Fsp3) is 0.500. The third-order valence-electron chi connectivity index (χ3n) is 4.22.